The van der Waals surface area contributed by atoms with Crippen LogP contribution in [0.2, 0.25) is 0 Å². The van der Waals surface area contributed by atoms with Gasteiger partial charge in [0.05, 0.1) is 0 Å². The van der Waals surface area contributed by atoms with Crippen LogP contribution >= 0.6 is 0 Å². The smallest absolute Gasteiger partial charge is 0.325 e. The number of rotatable bonds is 5. The first kappa shape index (κ1) is 19.3. The second-order valence-electron chi connectivity index (χ2n) is 7.86. The van der Waals surface area contributed by atoms with E-state index in [0.29, 0.717) is 17.5 Å². The third kappa shape index (κ3) is 4.29. The van der Waals surface area contributed by atoms with Gasteiger partial charge in [-0.05, 0) is 45.2 Å². The average molecular weight is 419 g/mol. The molecule has 3 aromatic heterocycles. The summed E-state index contributed by atoms with van der Waals surface area (Å²) < 4.78 is 6.07. The molecule has 0 atom stereocenters. The summed E-state index contributed by atoms with van der Waals surface area (Å²) in [6.07, 6.45) is 0. The number of ether oxygens (including phenoxy) is 1. The number of nitrogens with one attached hydrogen (secondary N) is 3. The average Bonchev–Trinajstić information content (AvgIpc) is 3.32. The van der Waals surface area contributed by atoms with Crippen LogP contribution in [0.5, 0.6) is 11.8 Å². The van der Waals surface area contributed by atoms with E-state index in [1.54, 1.807) is 0 Å². The van der Waals surface area contributed by atoms with Crippen molar-refractivity contribution in [3.8, 4) is 11.8 Å². The van der Waals surface area contributed by atoms with Crippen LogP contribution in [0.3, 0.4) is 0 Å². The molecule has 0 unspecified atom stereocenters. The lowest BCUT2D eigenvalue weighted by molar-refractivity contribution is 0.311. The number of benzene rings is 1. The number of nitrogens with zero attached hydrogens (tertiary/aromatic N) is 6. The number of H-pyrrole nitrogens is 2. The zero-order valence-electron chi connectivity index (χ0n) is 17.8. The standard InChI is InChI=1S/C21H25N9O/c1-13-10-15-11-16(4-5-17(15)22-13)31-21-25-18(24-20-23-14(2)27-28-20)12-19(26-21)30-8-6-29(3)7-9-30/h4-5,10-12,22H,6-9H2,1-3H3,(H2,23,24,25,26,27,28). The van der Waals surface area contributed by atoms with Gasteiger partial charge < -0.3 is 24.8 Å². The van der Waals surface area contributed by atoms with Crippen LogP contribution in [0.25, 0.3) is 10.9 Å². The molecule has 0 aliphatic carbocycles. The third-order valence-corrected chi connectivity index (χ3v) is 5.29. The lowest BCUT2D eigenvalue weighted by Gasteiger charge is -2.33. The number of anilines is 3. The molecule has 3 N–H and O–H groups in total. The highest BCUT2D eigenvalue weighted by Gasteiger charge is 2.18. The van der Waals surface area contributed by atoms with Crippen LogP contribution in [0.4, 0.5) is 17.6 Å². The minimum atomic E-state index is 0.276. The van der Waals surface area contributed by atoms with Crippen molar-refractivity contribution in [2.45, 2.75) is 13.8 Å². The second-order valence-corrected chi connectivity index (χ2v) is 7.86. The highest BCUT2D eigenvalue weighted by Crippen LogP contribution is 2.28. The van der Waals surface area contributed by atoms with Crippen molar-refractivity contribution >= 4 is 28.5 Å². The summed E-state index contributed by atoms with van der Waals surface area (Å²) in [6, 6.07) is 10.2. The Bertz CT molecular complexity index is 1210. The Labute approximate surface area is 179 Å². The summed E-state index contributed by atoms with van der Waals surface area (Å²) in [5, 5.41) is 11.2. The van der Waals surface area contributed by atoms with Crippen LogP contribution in [0.15, 0.2) is 30.3 Å². The monoisotopic (exact) mass is 419 g/mol. The Morgan fingerprint density at radius 3 is 2.61 bits per heavy atom. The first-order valence-electron chi connectivity index (χ1n) is 10.3. The molecule has 1 fully saturated rings. The van der Waals surface area contributed by atoms with Crippen molar-refractivity contribution in [3.05, 3.63) is 41.9 Å². The normalized spacial score (nSPS) is 14.9. The molecule has 0 saturated carbocycles. The van der Waals surface area contributed by atoms with Gasteiger partial charge in [-0.2, -0.15) is 15.0 Å². The number of aryl methyl sites for hydroxylation is 2. The topological polar surface area (TPSA) is 111 Å². The van der Waals surface area contributed by atoms with Gasteiger partial charge in [0, 0.05) is 48.8 Å². The van der Waals surface area contributed by atoms with Gasteiger partial charge in [-0.1, -0.05) is 0 Å². The Morgan fingerprint density at radius 1 is 1.00 bits per heavy atom. The number of hydrogen-bond donors (Lipinski definition) is 3. The van der Waals surface area contributed by atoms with Crippen molar-refractivity contribution in [2.24, 2.45) is 0 Å². The van der Waals surface area contributed by atoms with Gasteiger partial charge in [-0.15, -0.1) is 5.10 Å². The number of likely N-dealkylation sites (N-methyl/N-ethyl adjacent to an activating group) is 1. The van der Waals surface area contributed by atoms with Crippen molar-refractivity contribution in [3.63, 3.8) is 0 Å². The highest BCUT2D eigenvalue weighted by atomic mass is 16.5. The van der Waals surface area contributed by atoms with Crippen molar-refractivity contribution in [2.75, 3.05) is 43.4 Å². The Kier molecular flexibility index (Phi) is 4.91. The highest BCUT2D eigenvalue weighted by molar-refractivity contribution is 5.81. The summed E-state index contributed by atoms with van der Waals surface area (Å²) >= 11 is 0. The van der Waals surface area contributed by atoms with Gasteiger partial charge in [-0.25, -0.2) is 0 Å². The summed E-state index contributed by atoms with van der Waals surface area (Å²) in [7, 11) is 2.13. The Balaban J connectivity index is 1.46. The second kappa shape index (κ2) is 7.88. The molecule has 0 amide bonds. The van der Waals surface area contributed by atoms with Crippen molar-refractivity contribution in [1.29, 1.82) is 0 Å². The molecule has 1 aliphatic rings. The fourth-order valence-electron chi connectivity index (χ4n) is 3.66. The predicted octanol–water partition coefficient (Wildman–Crippen LogP) is 2.98. The van der Waals surface area contributed by atoms with E-state index in [1.165, 1.54) is 0 Å². The molecule has 160 valence electrons. The lowest BCUT2D eigenvalue weighted by atomic mass is 10.2. The number of hydrogen-bond acceptors (Lipinski definition) is 8. The van der Waals surface area contributed by atoms with Gasteiger partial charge in [0.25, 0.3) is 0 Å². The minimum absolute atomic E-state index is 0.276. The SMILES string of the molecule is Cc1cc2cc(Oc3nc(Nc4n[nH]c(C)n4)cc(N4CCN(C)CC4)n3)ccc2[nH]1. The fraction of sp³-hybridized carbons (Fsp3) is 0.333. The van der Waals surface area contributed by atoms with Crippen LogP contribution in [-0.2, 0) is 0 Å². The summed E-state index contributed by atoms with van der Waals surface area (Å²) in [6.45, 7) is 7.62. The molecule has 0 bridgehead atoms. The molecule has 0 spiro atoms. The van der Waals surface area contributed by atoms with E-state index in [0.717, 1.165) is 54.4 Å². The number of fused-ring (bicyclic) bond motifs is 1. The minimum Gasteiger partial charge on any atom is -0.424 e. The zero-order valence-corrected chi connectivity index (χ0v) is 17.8. The Hall–Kier alpha value is -3.66. The van der Waals surface area contributed by atoms with Crippen molar-refractivity contribution in [1.82, 2.24) is 35.0 Å². The molecule has 4 aromatic rings. The molecule has 10 heteroatoms. The molecule has 4 heterocycles. The molecule has 1 saturated heterocycles. The molecular formula is C21H25N9O. The molecule has 31 heavy (non-hydrogen) atoms. The number of aromatic nitrogens is 6. The zero-order chi connectivity index (χ0) is 21.4. The van der Waals surface area contributed by atoms with Crippen LogP contribution in [-0.4, -0.2) is 68.3 Å². The summed E-state index contributed by atoms with van der Waals surface area (Å²) in [4.78, 5) is 21.4. The molecule has 1 aliphatic heterocycles. The van der Waals surface area contributed by atoms with Gasteiger partial charge in [-0.3, -0.25) is 5.10 Å². The van der Waals surface area contributed by atoms with Crippen LogP contribution in [0.1, 0.15) is 11.5 Å². The summed E-state index contributed by atoms with van der Waals surface area (Å²) in [5.74, 6) is 3.25. The number of aromatic amines is 2. The Morgan fingerprint density at radius 2 is 1.84 bits per heavy atom. The molecule has 1 aromatic carbocycles. The first-order chi connectivity index (χ1) is 15.0. The maximum atomic E-state index is 6.07. The van der Waals surface area contributed by atoms with E-state index >= 15 is 0 Å². The van der Waals surface area contributed by atoms with Crippen LogP contribution in [0, 0.1) is 13.8 Å². The van der Waals surface area contributed by atoms with Crippen molar-refractivity contribution < 1.29 is 4.74 Å². The van der Waals surface area contributed by atoms with Crippen LogP contribution < -0.4 is 15.0 Å². The van der Waals surface area contributed by atoms with Gasteiger partial charge in [0.1, 0.15) is 23.2 Å². The fourth-order valence-corrected chi connectivity index (χ4v) is 3.66. The lowest BCUT2D eigenvalue weighted by Crippen LogP contribution is -2.44. The molecule has 5 rings (SSSR count). The molecule has 10 nitrogen and oxygen atoms in total. The van der Waals surface area contributed by atoms with E-state index in [2.05, 4.69) is 58.4 Å². The quantitative estimate of drug-likeness (QED) is 0.453. The molecular weight excluding hydrogens is 394 g/mol. The number of piperazine rings is 1. The van der Waals surface area contributed by atoms with Gasteiger partial charge >= 0.3 is 6.01 Å². The largest absolute Gasteiger partial charge is 0.424 e. The predicted molar refractivity (Wildman–Crippen MR) is 119 cm³/mol. The molecule has 0 radical (unpaired) electrons. The third-order valence-electron chi connectivity index (χ3n) is 5.29. The first-order valence-corrected chi connectivity index (χ1v) is 10.3. The van der Waals surface area contributed by atoms with E-state index in [4.69, 9.17) is 4.74 Å². The summed E-state index contributed by atoms with van der Waals surface area (Å²) in [5.41, 5.74) is 2.17. The van der Waals surface area contributed by atoms with E-state index in [9.17, 15) is 0 Å². The van der Waals surface area contributed by atoms with E-state index in [-0.39, 0.29) is 6.01 Å². The maximum Gasteiger partial charge on any atom is 0.325 e. The maximum absolute atomic E-state index is 6.07. The van der Waals surface area contributed by atoms with E-state index < -0.39 is 0 Å². The van der Waals surface area contributed by atoms with E-state index in [1.807, 2.05) is 38.1 Å². The van der Waals surface area contributed by atoms with Gasteiger partial charge in [0.15, 0.2) is 0 Å². The van der Waals surface area contributed by atoms with Gasteiger partial charge in [0.2, 0.25) is 5.95 Å².